The number of benzene rings is 3. The molecule has 0 radical (unpaired) electrons. The predicted octanol–water partition coefficient (Wildman–Crippen LogP) is 9.97. The van der Waals surface area contributed by atoms with Crippen LogP contribution in [0.1, 0.15) is 31.9 Å². The largest absolute Gasteiger partial charge is 0.455 e. The third-order valence-electron chi connectivity index (χ3n) is 7.42. The zero-order valence-corrected chi connectivity index (χ0v) is 25.2. The summed E-state index contributed by atoms with van der Waals surface area (Å²) in [5.74, 6) is 0. The van der Waals surface area contributed by atoms with Crippen molar-refractivity contribution in [3.63, 3.8) is 0 Å². The average molecular weight is 534 g/mol. The molecule has 0 atom stereocenters. The molecule has 4 heteroatoms. The lowest BCUT2D eigenvalue weighted by Crippen LogP contribution is -2.37. The lowest BCUT2D eigenvalue weighted by molar-refractivity contribution is 0.411. The normalized spacial score (nSPS) is 12.7. The lowest BCUT2D eigenvalue weighted by atomic mass is 9.88. The minimum atomic E-state index is -1.44. The summed E-state index contributed by atoms with van der Waals surface area (Å²) in [7, 11) is -1.44. The van der Waals surface area contributed by atoms with Gasteiger partial charge in [0.25, 0.3) is 0 Å². The third-order valence-corrected chi connectivity index (χ3v) is 10.8. The van der Waals surface area contributed by atoms with E-state index < -0.39 is 8.07 Å². The van der Waals surface area contributed by atoms with E-state index in [2.05, 4.69) is 114 Å². The Balaban J connectivity index is 1.49. The second-order valence-corrected chi connectivity index (χ2v) is 18.9. The van der Waals surface area contributed by atoms with Crippen molar-refractivity contribution < 1.29 is 4.42 Å². The smallest absolute Gasteiger partial charge is 0.144 e. The van der Waals surface area contributed by atoms with Crippen molar-refractivity contribution in [1.29, 1.82) is 0 Å². The van der Waals surface area contributed by atoms with E-state index in [1.807, 2.05) is 17.5 Å². The monoisotopic (exact) mass is 533 g/mol. The standard InChI is InChI=1S/C34H35NOSSi/c1-21-25-17-18-35-30(33(25)37-32(21)23-13-11-22(12-14-23)20-34(2,3)4)28-10-8-9-27-26-16-15-24(38(5,6)7)19-29(26)36-31(27)28/h8-19H,20H2,1-7H3. The van der Waals surface area contributed by atoms with E-state index in [4.69, 9.17) is 9.40 Å². The van der Waals surface area contributed by atoms with E-state index in [9.17, 15) is 0 Å². The van der Waals surface area contributed by atoms with Gasteiger partial charge in [-0.1, -0.05) is 94.1 Å². The van der Waals surface area contributed by atoms with Gasteiger partial charge in [0.15, 0.2) is 0 Å². The van der Waals surface area contributed by atoms with Gasteiger partial charge in [-0.05, 0) is 59.0 Å². The number of hydrogen-bond acceptors (Lipinski definition) is 3. The van der Waals surface area contributed by atoms with E-state index in [1.165, 1.54) is 42.2 Å². The third kappa shape index (κ3) is 4.40. The first-order valence-corrected chi connectivity index (χ1v) is 17.7. The molecule has 3 heterocycles. The fraction of sp³-hybridized carbons (Fsp3) is 0.265. The van der Waals surface area contributed by atoms with Crippen LogP contribution in [0, 0.1) is 12.3 Å². The lowest BCUT2D eigenvalue weighted by Gasteiger charge is -2.18. The molecule has 0 saturated carbocycles. The van der Waals surface area contributed by atoms with Crippen LogP contribution >= 0.6 is 11.3 Å². The number of hydrogen-bond donors (Lipinski definition) is 0. The van der Waals surface area contributed by atoms with Crippen LogP contribution < -0.4 is 5.19 Å². The number of rotatable bonds is 4. The number of thiophene rings is 1. The van der Waals surface area contributed by atoms with Gasteiger partial charge in [0.2, 0.25) is 0 Å². The highest BCUT2D eigenvalue weighted by Crippen LogP contribution is 2.44. The van der Waals surface area contributed by atoms with E-state index in [0.29, 0.717) is 0 Å². The summed E-state index contributed by atoms with van der Waals surface area (Å²) in [6.07, 6.45) is 3.02. The second kappa shape index (κ2) is 8.93. The molecule has 192 valence electrons. The first kappa shape index (κ1) is 25.1. The molecule has 0 aliphatic rings. The molecule has 0 fully saturated rings. The van der Waals surface area contributed by atoms with Gasteiger partial charge in [-0.2, -0.15) is 0 Å². The number of nitrogens with zero attached hydrogens (tertiary/aromatic N) is 1. The number of aryl methyl sites for hydroxylation is 1. The summed E-state index contributed by atoms with van der Waals surface area (Å²) < 4.78 is 7.80. The van der Waals surface area contributed by atoms with Crippen molar-refractivity contribution >= 4 is 56.6 Å². The Kier molecular flexibility index (Phi) is 5.89. The van der Waals surface area contributed by atoms with Crippen LogP contribution in [0.2, 0.25) is 19.6 Å². The topological polar surface area (TPSA) is 26.0 Å². The van der Waals surface area contributed by atoms with Crippen LogP contribution in [0.4, 0.5) is 0 Å². The summed E-state index contributed by atoms with van der Waals surface area (Å²) in [4.78, 5) is 6.23. The van der Waals surface area contributed by atoms with Gasteiger partial charge in [0, 0.05) is 27.4 Å². The number of furan rings is 1. The van der Waals surface area contributed by atoms with Crippen LogP contribution in [0.25, 0.3) is 53.7 Å². The maximum absolute atomic E-state index is 6.58. The number of fused-ring (bicyclic) bond motifs is 4. The molecule has 3 aromatic heterocycles. The van der Waals surface area contributed by atoms with E-state index in [-0.39, 0.29) is 5.41 Å². The molecule has 0 amide bonds. The summed E-state index contributed by atoms with van der Waals surface area (Å²) in [6.45, 7) is 16.2. The minimum Gasteiger partial charge on any atom is -0.455 e. The first-order valence-electron chi connectivity index (χ1n) is 13.4. The van der Waals surface area contributed by atoms with Crippen LogP contribution in [-0.2, 0) is 6.42 Å². The van der Waals surface area contributed by atoms with Crippen molar-refractivity contribution in [1.82, 2.24) is 4.98 Å². The predicted molar refractivity (Wildman–Crippen MR) is 169 cm³/mol. The van der Waals surface area contributed by atoms with Gasteiger partial charge in [-0.3, -0.25) is 4.98 Å². The highest BCUT2D eigenvalue weighted by molar-refractivity contribution is 7.23. The highest BCUT2D eigenvalue weighted by atomic mass is 32.1. The summed E-state index contributed by atoms with van der Waals surface area (Å²) in [5, 5.41) is 5.01. The highest BCUT2D eigenvalue weighted by Gasteiger charge is 2.21. The molecule has 3 aromatic carbocycles. The fourth-order valence-corrected chi connectivity index (χ4v) is 7.91. The maximum Gasteiger partial charge on any atom is 0.144 e. The molecule has 0 saturated heterocycles. The maximum atomic E-state index is 6.58. The van der Waals surface area contributed by atoms with Crippen molar-refractivity contribution in [2.75, 3.05) is 0 Å². The van der Waals surface area contributed by atoms with E-state index in [1.54, 1.807) is 0 Å². The Hall–Kier alpha value is -3.21. The molecule has 38 heavy (non-hydrogen) atoms. The molecule has 0 N–H and O–H groups in total. The van der Waals surface area contributed by atoms with Crippen LogP contribution in [0.3, 0.4) is 0 Å². The molecule has 0 aliphatic heterocycles. The molecule has 2 nitrogen and oxygen atoms in total. The zero-order valence-electron chi connectivity index (χ0n) is 23.4. The van der Waals surface area contributed by atoms with Crippen molar-refractivity contribution in [2.24, 2.45) is 5.41 Å². The van der Waals surface area contributed by atoms with Gasteiger partial charge < -0.3 is 4.42 Å². The van der Waals surface area contributed by atoms with Gasteiger partial charge in [0.1, 0.15) is 11.2 Å². The Labute approximate surface area is 230 Å². The molecule has 6 rings (SSSR count). The van der Waals surface area contributed by atoms with Gasteiger partial charge in [-0.25, -0.2) is 0 Å². The summed E-state index contributed by atoms with van der Waals surface area (Å²) in [5.41, 5.74) is 8.21. The van der Waals surface area contributed by atoms with E-state index >= 15 is 0 Å². The molecule has 0 unspecified atom stereocenters. The molecule has 0 aliphatic carbocycles. The molecule has 6 aromatic rings. The number of pyridine rings is 1. The minimum absolute atomic E-state index is 0.281. The Morgan fingerprint density at radius 2 is 1.63 bits per heavy atom. The van der Waals surface area contributed by atoms with Gasteiger partial charge in [-0.15, -0.1) is 11.3 Å². The second-order valence-electron chi connectivity index (χ2n) is 12.8. The summed E-state index contributed by atoms with van der Waals surface area (Å²) >= 11 is 1.84. The van der Waals surface area contributed by atoms with Gasteiger partial charge >= 0.3 is 0 Å². The van der Waals surface area contributed by atoms with Crippen LogP contribution in [-0.4, -0.2) is 13.1 Å². The molecule has 0 bridgehead atoms. The van der Waals surface area contributed by atoms with E-state index in [0.717, 1.165) is 34.2 Å². The SMILES string of the molecule is Cc1c(-c2ccc(CC(C)(C)C)cc2)sc2c(-c3cccc4c3oc3cc([Si](C)(C)C)ccc34)nccc12. The molecular weight excluding hydrogens is 499 g/mol. The average Bonchev–Trinajstić information content (AvgIpc) is 3.40. The Bertz CT molecular complexity index is 1810. The molecular formula is C34H35NOSSi. The van der Waals surface area contributed by atoms with Crippen molar-refractivity contribution in [3.05, 3.63) is 84.1 Å². The van der Waals surface area contributed by atoms with Crippen molar-refractivity contribution in [2.45, 2.75) is 53.8 Å². The quantitative estimate of drug-likeness (QED) is 0.211. The fourth-order valence-electron chi connectivity index (χ4n) is 5.45. The van der Waals surface area contributed by atoms with Crippen LogP contribution in [0.5, 0.6) is 0 Å². The zero-order chi connectivity index (χ0) is 26.8. The Morgan fingerprint density at radius 3 is 2.34 bits per heavy atom. The van der Waals surface area contributed by atoms with Gasteiger partial charge in [0.05, 0.1) is 18.5 Å². The number of para-hydroxylation sites is 1. The summed E-state index contributed by atoms with van der Waals surface area (Å²) in [6, 6.07) is 24.5. The van der Waals surface area contributed by atoms with Crippen molar-refractivity contribution in [3.8, 4) is 21.7 Å². The Morgan fingerprint density at radius 1 is 0.868 bits per heavy atom. The van der Waals surface area contributed by atoms with Crippen LogP contribution in [0.15, 0.2) is 77.3 Å². The number of aromatic nitrogens is 1. The molecule has 0 spiro atoms. The first-order chi connectivity index (χ1) is 18.0.